The van der Waals surface area contributed by atoms with Gasteiger partial charge in [-0.05, 0) is 40.6 Å². The molecule has 4 nitrogen and oxygen atoms in total. The molecule has 5 aromatic rings. The van der Waals surface area contributed by atoms with E-state index in [1.54, 1.807) is 0 Å². The zero-order valence-corrected chi connectivity index (χ0v) is 17.3. The molecule has 0 spiro atoms. The fraction of sp³-hybridized carbons (Fsp3) is 0.154. The van der Waals surface area contributed by atoms with Crippen molar-refractivity contribution in [2.75, 3.05) is 0 Å². The van der Waals surface area contributed by atoms with Gasteiger partial charge in [0.05, 0.1) is 12.7 Å². The van der Waals surface area contributed by atoms with Gasteiger partial charge in [0.1, 0.15) is 37.9 Å². The average molecular weight is 395 g/mol. The predicted octanol–water partition coefficient (Wildman–Crippen LogP) is 4.39. The van der Waals surface area contributed by atoms with Crippen molar-refractivity contribution in [2.24, 2.45) is 0 Å². The molecule has 2 aromatic heterocycles. The number of benzene rings is 3. The summed E-state index contributed by atoms with van der Waals surface area (Å²) in [5.41, 5.74) is 2.66. The molecular weight excluding hydrogens is 368 g/mol. The van der Waals surface area contributed by atoms with Crippen LogP contribution in [0, 0.1) is 0 Å². The van der Waals surface area contributed by atoms with Gasteiger partial charge in [-0.3, -0.25) is 0 Å². The minimum absolute atomic E-state index is 0.833. The lowest BCUT2D eigenvalue weighted by atomic mass is 9.97. The van der Waals surface area contributed by atoms with Gasteiger partial charge in [-0.15, -0.1) is 0 Å². The largest absolute Gasteiger partial charge is 0.248 e. The first-order chi connectivity index (χ1) is 14.7. The van der Waals surface area contributed by atoms with Crippen LogP contribution in [-0.2, 0) is 19.6 Å². The SMILES string of the molecule is C=Cn1cc[n+](Cc2cccc3cc4cccc(C[n+]5ccn(CC)c5)c4cc23)c1. The summed E-state index contributed by atoms with van der Waals surface area (Å²) in [6.45, 7) is 8.69. The highest BCUT2D eigenvalue weighted by atomic mass is 15.1. The molecule has 0 aliphatic carbocycles. The summed E-state index contributed by atoms with van der Waals surface area (Å²) in [6, 6.07) is 17.9. The number of imidazole rings is 2. The van der Waals surface area contributed by atoms with Gasteiger partial charge in [0.25, 0.3) is 0 Å². The van der Waals surface area contributed by atoms with Gasteiger partial charge in [0.15, 0.2) is 0 Å². The Balaban J connectivity index is 1.59. The van der Waals surface area contributed by atoms with E-state index in [1.165, 1.54) is 32.7 Å². The highest BCUT2D eigenvalue weighted by molar-refractivity contribution is 6.00. The zero-order chi connectivity index (χ0) is 20.5. The van der Waals surface area contributed by atoms with Gasteiger partial charge < -0.3 is 0 Å². The number of nitrogens with zero attached hydrogens (tertiary/aromatic N) is 4. The molecule has 0 saturated heterocycles. The quantitative estimate of drug-likeness (QED) is 0.300. The van der Waals surface area contributed by atoms with Crippen LogP contribution in [0.3, 0.4) is 0 Å². The van der Waals surface area contributed by atoms with E-state index >= 15 is 0 Å². The van der Waals surface area contributed by atoms with E-state index in [9.17, 15) is 0 Å². The van der Waals surface area contributed by atoms with Crippen LogP contribution in [0.4, 0.5) is 0 Å². The summed E-state index contributed by atoms with van der Waals surface area (Å²) in [4.78, 5) is 0. The third-order valence-electron chi connectivity index (χ3n) is 5.80. The molecule has 0 unspecified atom stereocenters. The lowest BCUT2D eigenvalue weighted by Crippen LogP contribution is -2.31. The Bertz CT molecular complexity index is 1360. The minimum Gasteiger partial charge on any atom is -0.237 e. The van der Waals surface area contributed by atoms with Crippen LogP contribution in [0.2, 0.25) is 0 Å². The van der Waals surface area contributed by atoms with Gasteiger partial charge in [-0.2, -0.15) is 0 Å². The normalized spacial score (nSPS) is 11.4. The Labute approximate surface area is 176 Å². The first-order valence-corrected chi connectivity index (χ1v) is 10.4. The number of aryl methyl sites for hydroxylation is 1. The molecule has 0 radical (unpaired) electrons. The summed E-state index contributed by atoms with van der Waals surface area (Å²) in [5, 5.41) is 5.21. The Morgan fingerprint density at radius 1 is 0.833 bits per heavy atom. The molecule has 0 atom stereocenters. The van der Waals surface area contributed by atoms with Gasteiger partial charge in [0, 0.05) is 11.1 Å². The number of hydrogen-bond acceptors (Lipinski definition) is 0. The summed E-state index contributed by atoms with van der Waals surface area (Å²) in [6.07, 6.45) is 14.4. The monoisotopic (exact) mass is 394 g/mol. The van der Waals surface area contributed by atoms with Crippen molar-refractivity contribution >= 4 is 27.7 Å². The van der Waals surface area contributed by atoms with Crippen LogP contribution in [-0.4, -0.2) is 9.13 Å². The smallest absolute Gasteiger partial charge is 0.237 e. The second-order valence-electron chi connectivity index (χ2n) is 7.76. The van der Waals surface area contributed by atoms with E-state index in [-0.39, 0.29) is 0 Å². The molecule has 4 heteroatoms. The number of fused-ring (bicyclic) bond motifs is 2. The molecule has 30 heavy (non-hydrogen) atoms. The molecule has 0 aliphatic rings. The van der Waals surface area contributed by atoms with Crippen LogP contribution in [0.25, 0.3) is 27.7 Å². The summed E-state index contributed by atoms with van der Waals surface area (Å²) in [7, 11) is 0. The lowest BCUT2D eigenvalue weighted by molar-refractivity contribution is -0.687. The third kappa shape index (κ3) is 3.41. The maximum Gasteiger partial charge on any atom is 0.248 e. The first kappa shape index (κ1) is 18.4. The first-order valence-electron chi connectivity index (χ1n) is 10.4. The Kier molecular flexibility index (Phi) is 4.68. The maximum absolute atomic E-state index is 3.83. The molecule has 2 heterocycles. The van der Waals surface area contributed by atoms with Crippen molar-refractivity contribution in [3.8, 4) is 0 Å². The summed E-state index contributed by atoms with van der Waals surface area (Å²) >= 11 is 0. The molecular formula is C26H26N4+2. The second-order valence-corrected chi connectivity index (χ2v) is 7.76. The van der Waals surface area contributed by atoms with Crippen LogP contribution in [0.5, 0.6) is 0 Å². The molecule has 0 fully saturated rings. The average Bonchev–Trinajstić information content (AvgIpc) is 3.42. The molecule has 5 rings (SSSR count). The number of rotatable bonds is 6. The van der Waals surface area contributed by atoms with Crippen LogP contribution in [0.15, 0.2) is 92.6 Å². The fourth-order valence-electron chi connectivity index (χ4n) is 4.18. The predicted molar refractivity (Wildman–Crippen MR) is 121 cm³/mol. The van der Waals surface area contributed by atoms with E-state index < -0.39 is 0 Å². The van der Waals surface area contributed by atoms with Crippen LogP contribution >= 0.6 is 0 Å². The Hall–Kier alpha value is -3.66. The van der Waals surface area contributed by atoms with E-state index in [4.69, 9.17) is 0 Å². The topological polar surface area (TPSA) is 17.6 Å². The summed E-state index contributed by atoms with van der Waals surface area (Å²) in [5.74, 6) is 0. The maximum atomic E-state index is 3.83. The van der Waals surface area contributed by atoms with Gasteiger partial charge in [-0.25, -0.2) is 18.3 Å². The van der Waals surface area contributed by atoms with Crippen LogP contribution < -0.4 is 9.13 Å². The van der Waals surface area contributed by atoms with Gasteiger partial charge in [0.2, 0.25) is 12.7 Å². The molecule has 0 amide bonds. The standard InChI is InChI=1S/C26H26N4/c1-3-27-11-13-29(19-27)17-23-9-5-7-21-15-22-8-6-10-24(26(22)16-25(21)23)18-30-14-12-28(4-2)20-30/h3,5-16,19-20H,1,4,17-18H2,2H3/q+2. The van der Waals surface area contributed by atoms with Crippen LogP contribution in [0.1, 0.15) is 18.1 Å². The van der Waals surface area contributed by atoms with Crippen molar-refractivity contribution in [2.45, 2.75) is 26.6 Å². The van der Waals surface area contributed by atoms with Crippen molar-refractivity contribution in [3.63, 3.8) is 0 Å². The molecule has 0 N–H and O–H groups in total. The molecule has 0 aliphatic heterocycles. The van der Waals surface area contributed by atoms with Gasteiger partial charge >= 0.3 is 0 Å². The number of hydrogen-bond donors (Lipinski definition) is 0. The number of aromatic nitrogens is 4. The molecule has 0 bridgehead atoms. The van der Waals surface area contributed by atoms with E-state index in [0.29, 0.717) is 0 Å². The second kappa shape index (κ2) is 7.64. The van der Waals surface area contributed by atoms with Crippen molar-refractivity contribution in [1.29, 1.82) is 0 Å². The molecule has 0 saturated carbocycles. The van der Waals surface area contributed by atoms with Gasteiger partial charge in [-0.1, -0.05) is 43.0 Å². The minimum atomic E-state index is 0.833. The highest BCUT2D eigenvalue weighted by Crippen LogP contribution is 2.28. The van der Waals surface area contributed by atoms with Crippen molar-refractivity contribution < 1.29 is 9.13 Å². The zero-order valence-electron chi connectivity index (χ0n) is 17.3. The Morgan fingerprint density at radius 2 is 1.47 bits per heavy atom. The highest BCUT2D eigenvalue weighted by Gasteiger charge is 2.11. The third-order valence-corrected chi connectivity index (χ3v) is 5.80. The Morgan fingerprint density at radius 3 is 2.03 bits per heavy atom. The fourth-order valence-corrected chi connectivity index (χ4v) is 4.18. The lowest BCUT2D eigenvalue weighted by Gasteiger charge is -2.10. The molecule has 148 valence electrons. The van der Waals surface area contributed by atoms with E-state index in [1.807, 2.05) is 17.0 Å². The van der Waals surface area contributed by atoms with E-state index in [2.05, 4.69) is 107 Å². The van der Waals surface area contributed by atoms with Crippen molar-refractivity contribution in [1.82, 2.24) is 9.13 Å². The molecule has 3 aromatic carbocycles. The van der Waals surface area contributed by atoms with E-state index in [0.717, 1.165) is 19.6 Å². The summed E-state index contributed by atoms with van der Waals surface area (Å²) < 4.78 is 8.61. The van der Waals surface area contributed by atoms with Crippen molar-refractivity contribution in [3.05, 3.63) is 104 Å².